The molecule has 0 amide bonds. The zero-order valence-corrected chi connectivity index (χ0v) is 20.9. The minimum atomic E-state index is -0.593. The highest BCUT2D eigenvalue weighted by atomic mass is 16.5. The number of aliphatic carboxylic acids is 1. The van der Waals surface area contributed by atoms with Gasteiger partial charge in [-0.3, -0.25) is 9.69 Å². The van der Waals surface area contributed by atoms with Gasteiger partial charge in [0.1, 0.15) is 5.75 Å². The van der Waals surface area contributed by atoms with Crippen LogP contribution in [0.3, 0.4) is 0 Å². The number of carbonyl (C=O) groups is 1. The molecule has 2 aromatic carbocycles. The van der Waals surface area contributed by atoms with E-state index in [0.29, 0.717) is 17.9 Å². The monoisotopic (exact) mass is 463 g/mol. The average molecular weight is 464 g/mol. The van der Waals surface area contributed by atoms with Crippen LogP contribution in [0.5, 0.6) is 5.75 Å². The van der Waals surface area contributed by atoms with E-state index >= 15 is 0 Å². The predicted octanol–water partition coefficient (Wildman–Crippen LogP) is 6.76. The summed E-state index contributed by atoms with van der Waals surface area (Å²) in [7, 11) is 0. The van der Waals surface area contributed by atoms with E-state index in [1.54, 1.807) is 0 Å². The first-order valence-electron chi connectivity index (χ1n) is 13.6. The number of hydrogen-bond acceptors (Lipinski definition) is 3. The number of rotatable bonds is 7. The molecule has 3 fully saturated rings. The number of hydrogen-bond donors (Lipinski definition) is 1. The topological polar surface area (TPSA) is 49.8 Å². The summed E-state index contributed by atoms with van der Waals surface area (Å²) in [5.41, 5.74) is 1.36. The highest BCUT2D eigenvalue weighted by molar-refractivity contribution is 5.84. The minimum absolute atomic E-state index is 0.114. The molecule has 0 radical (unpaired) electrons. The summed E-state index contributed by atoms with van der Waals surface area (Å²) in [6.07, 6.45) is 9.33. The van der Waals surface area contributed by atoms with E-state index in [2.05, 4.69) is 55.1 Å². The van der Waals surface area contributed by atoms with E-state index in [0.717, 1.165) is 56.5 Å². The molecule has 34 heavy (non-hydrogen) atoms. The van der Waals surface area contributed by atoms with Gasteiger partial charge in [-0.2, -0.15) is 0 Å². The van der Waals surface area contributed by atoms with Crippen LogP contribution < -0.4 is 4.74 Å². The molecule has 1 saturated heterocycles. The Morgan fingerprint density at radius 3 is 2.44 bits per heavy atom. The van der Waals surface area contributed by atoms with E-state index in [1.165, 1.54) is 48.4 Å². The molecule has 1 aliphatic heterocycles. The Labute approximate surface area is 204 Å². The van der Waals surface area contributed by atoms with Crippen LogP contribution >= 0.6 is 0 Å². The summed E-state index contributed by atoms with van der Waals surface area (Å²) in [6.45, 7) is 7.90. The molecule has 2 saturated carbocycles. The van der Waals surface area contributed by atoms with Crippen LogP contribution in [0.2, 0.25) is 0 Å². The third-order valence-corrected chi connectivity index (χ3v) is 8.96. The van der Waals surface area contributed by atoms with Crippen molar-refractivity contribution in [1.29, 1.82) is 0 Å². The second-order valence-corrected chi connectivity index (χ2v) is 11.7. The quantitative estimate of drug-likeness (QED) is 0.493. The first-order chi connectivity index (χ1) is 16.4. The Bertz CT molecular complexity index is 988. The third kappa shape index (κ3) is 5.43. The molecule has 2 atom stereocenters. The SMILES string of the molecule is CC(C)C1CCC(Oc2ccc3cc(CN4CC(C5CCCC(C(=O)O)C5)C4)ccc3c2)CC1. The maximum absolute atomic E-state index is 11.4. The molecule has 2 aromatic rings. The Balaban J connectivity index is 1.12. The summed E-state index contributed by atoms with van der Waals surface area (Å²) < 4.78 is 6.36. The Morgan fingerprint density at radius 1 is 0.971 bits per heavy atom. The first-order valence-corrected chi connectivity index (χ1v) is 13.6. The van der Waals surface area contributed by atoms with Gasteiger partial charge in [-0.05, 0) is 96.7 Å². The maximum atomic E-state index is 11.4. The molecule has 1 N–H and O–H groups in total. The van der Waals surface area contributed by atoms with Gasteiger partial charge < -0.3 is 9.84 Å². The van der Waals surface area contributed by atoms with Gasteiger partial charge in [0.05, 0.1) is 12.0 Å². The standard InChI is InChI=1S/C30H41NO3/c1-20(2)22-8-11-28(12-9-22)34-29-13-10-24-14-21(6-7-25(24)16-29)17-31-18-27(19-31)23-4-3-5-26(15-23)30(32)33/h6-7,10,13-14,16,20,22-23,26-28H,3-5,8-9,11-12,15,17-19H2,1-2H3,(H,32,33). The molecule has 0 spiro atoms. The number of likely N-dealkylation sites (tertiary alicyclic amines) is 1. The molecule has 184 valence electrons. The number of nitrogens with zero attached hydrogens (tertiary/aromatic N) is 1. The van der Waals surface area contributed by atoms with Crippen molar-refractivity contribution in [3.63, 3.8) is 0 Å². The molecular weight excluding hydrogens is 422 g/mol. The van der Waals surface area contributed by atoms with Gasteiger partial charge in [-0.1, -0.05) is 44.9 Å². The van der Waals surface area contributed by atoms with Crippen LogP contribution in [-0.4, -0.2) is 35.2 Å². The summed E-state index contributed by atoms with van der Waals surface area (Å²) in [6, 6.07) is 13.4. The van der Waals surface area contributed by atoms with Crippen LogP contribution in [0, 0.1) is 29.6 Å². The van der Waals surface area contributed by atoms with Crippen molar-refractivity contribution in [2.75, 3.05) is 13.1 Å². The van der Waals surface area contributed by atoms with E-state index < -0.39 is 5.97 Å². The minimum Gasteiger partial charge on any atom is -0.490 e. The Kier molecular flexibility index (Phi) is 7.15. The van der Waals surface area contributed by atoms with Crippen LogP contribution in [0.25, 0.3) is 10.8 Å². The van der Waals surface area contributed by atoms with Crippen LogP contribution in [0.15, 0.2) is 36.4 Å². The lowest BCUT2D eigenvalue weighted by molar-refractivity contribution is -0.144. The van der Waals surface area contributed by atoms with Crippen LogP contribution in [0.1, 0.15) is 70.8 Å². The fourth-order valence-corrected chi connectivity index (χ4v) is 6.69. The molecule has 3 aliphatic rings. The first kappa shape index (κ1) is 23.7. The maximum Gasteiger partial charge on any atom is 0.306 e. The van der Waals surface area contributed by atoms with E-state index in [-0.39, 0.29) is 5.92 Å². The number of ether oxygens (including phenoxy) is 1. The van der Waals surface area contributed by atoms with Crippen molar-refractivity contribution in [3.05, 3.63) is 42.0 Å². The molecule has 5 rings (SSSR count). The lowest BCUT2D eigenvalue weighted by atomic mass is 9.72. The number of carboxylic acids is 1. The lowest BCUT2D eigenvalue weighted by Gasteiger charge is -2.45. The van der Waals surface area contributed by atoms with E-state index in [1.807, 2.05) is 0 Å². The van der Waals surface area contributed by atoms with Gasteiger partial charge in [0.15, 0.2) is 0 Å². The van der Waals surface area contributed by atoms with Crippen molar-refractivity contribution < 1.29 is 14.6 Å². The molecular formula is C30H41NO3. The van der Waals surface area contributed by atoms with E-state index in [4.69, 9.17) is 4.74 Å². The number of benzene rings is 2. The van der Waals surface area contributed by atoms with Crippen molar-refractivity contribution in [3.8, 4) is 5.75 Å². The van der Waals surface area contributed by atoms with Gasteiger partial charge in [0.2, 0.25) is 0 Å². The van der Waals surface area contributed by atoms with Crippen molar-refractivity contribution in [2.24, 2.45) is 29.6 Å². The summed E-state index contributed by atoms with van der Waals surface area (Å²) in [5.74, 6) is 3.22. The zero-order chi connectivity index (χ0) is 23.7. The third-order valence-electron chi connectivity index (χ3n) is 8.96. The normalized spacial score (nSPS) is 28.7. The van der Waals surface area contributed by atoms with Crippen molar-refractivity contribution in [1.82, 2.24) is 4.90 Å². The Morgan fingerprint density at radius 2 is 1.71 bits per heavy atom. The highest BCUT2D eigenvalue weighted by Gasteiger charge is 2.37. The largest absolute Gasteiger partial charge is 0.490 e. The second kappa shape index (κ2) is 10.3. The Hall–Kier alpha value is -2.07. The number of carboxylic acid groups (broad SMARTS) is 1. The summed E-state index contributed by atoms with van der Waals surface area (Å²) in [4.78, 5) is 13.9. The van der Waals surface area contributed by atoms with Crippen molar-refractivity contribution in [2.45, 2.75) is 77.9 Å². The summed E-state index contributed by atoms with van der Waals surface area (Å²) in [5, 5.41) is 11.9. The average Bonchev–Trinajstić information content (AvgIpc) is 2.81. The molecule has 2 aliphatic carbocycles. The van der Waals surface area contributed by atoms with Gasteiger partial charge >= 0.3 is 5.97 Å². The fourth-order valence-electron chi connectivity index (χ4n) is 6.69. The fraction of sp³-hybridized carbons (Fsp3) is 0.633. The molecule has 4 heteroatoms. The molecule has 2 unspecified atom stereocenters. The van der Waals surface area contributed by atoms with Gasteiger partial charge in [-0.25, -0.2) is 0 Å². The zero-order valence-electron chi connectivity index (χ0n) is 20.9. The summed E-state index contributed by atoms with van der Waals surface area (Å²) >= 11 is 0. The molecule has 1 heterocycles. The van der Waals surface area contributed by atoms with Crippen molar-refractivity contribution >= 4 is 16.7 Å². The van der Waals surface area contributed by atoms with E-state index in [9.17, 15) is 9.90 Å². The predicted molar refractivity (Wildman–Crippen MR) is 137 cm³/mol. The smallest absolute Gasteiger partial charge is 0.306 e. The molecule has 0 bridgehead atoms. The highest BCUT2D eigenvalue weighted by Crippen LogP contribution is 2.38. The van der Waals surface area contributed by atoms with Gasteiger partial charge in [0, 0.05) is 19.6 Å². The lowest BCUT2D eigenvalue weighted by Crippen LogP contribution is -2.50. The second-order valence-electron chi connectivity index (χ2n) is 11.7. The van der Waals surface area contributed by atoms with Crippen LogP contribution in [-0.2, 0) is 11.3 Å². The van der Waals surface area contributed by atoms with Gasteiger partial charge in [0.25, 0.3) is 0 Å². The van der Waals surface area contributed by atoms with Gasteiger partial charge in [-0.15, -0.1) is 0 Å². The number of fused-ring (bicyclic) bond motifs is 1. The molecule has 4 nitrogen and oxygen atoms in total. The van der Waals surface area contributed by atoms with Crippen LogP contribution in [0.4, 0.5) is 0 Å². The molecule has 0 aromatic heterocycles.